The summed E-state index contributed by atoms with van der Waals surface area (Å²) < 4.78 is 6.85. The SMILES string of the molecule is CNCc1cnc(Oc2ncn(C)n2)cn1. The molecule has 1 N–H and O–H groups in total. The van der Waals surface area contributed by atoms with Gasteiger partial charge in [-0.05, 0) is 7.05 Å². The van der Waals surface area contributed by atoms with Gasteiger partial charge in [0, 0.05) is 13.6 Å². The van der Waals surface area contributed by atoms with Crippen LogP contribution in [0.5, 0.6) is 11.9 Å². The van der Waals surface area contributed by atoms with Gasteiger partial charge in [0.15, 0.2) is 0 Å². The van der Waals surface area contributed by atoms with Gasteiger partial charge in [-0.25, -0.2) is 4.98 Å². The van der Waals surface area contributed by atoms with Crippen LogP contribution in [0.15, 0.2) is 18.7 Å². The normalized spacial score (nSPS) is 10.4. The van der Waals surface area contributed by atoms with Gasteiger partial charge in [0.25, 0.3) is 0 Å². The van der Waals surface area contributed by atoms with Crippen LogP contribution in [-0.4, -0.2) is 31.8 Å². The van der Waals surface area contributed by atoms with E-state index < -0.39 is 0 Å². The summed E-state index contributed by atoms with van der Waals surface area (Å²) in [4.78, 5) is 12.2. The maximum atomic E-state index is 5.30. The highest BCUT2D eigenvalue weighted by Crippen LogP contribution is 2.12. The second-order valence-electron chi connectivity index (χ2n) is 3.18. The van der Waals surface area contributed by atoms with Crippen LogP contribution in [0.4, 0.5) is 0 Å². The molecule has 0 aliphatic heterocycles. The Hall–Kier alpha value is -2.02. The molecule has 2 aromatic heterocycles. The molecule has 0 atom stereocenters. The molecule has 2 rings (SSSR count). The van der Waals surface area contributed by atoms with E-state index >= 15 is 0 Å². The number of nitrogens with one attached hydrogen (secondary N) is 1. The maximum absolute atomic E-state index is 5.30. The van der Waals surface area contributed by atoms with Crippen molar-refractivity contribution >= 4 is 0 Å². The van der Waals surface area contributed by atoms with Crippen LogP contribution in [-0.2, 0) is 13.6 Å². The number of ether oxygens (including phenoxy) is 1. The Balaban J connectivity index is 2.05. The quantitative estimate of drug-likeness (QED) is 0.788. The summed E-state index contributed by atoms with van der Waals surface area (Å²) in [6, 6.07) is 0.262. The molecule has 0 saturated carbocycles. The van der Waals surface area contributed by atoms with Gasteiger partial charge in [-0.1, -0.05) is 0 Å². The van der Waals surface area contributed by atoms with Crippen molar-refractivity contribution in [2.75, 3.05) is 7.05 Å². The van der Waals surface area contributed by atoms with Crippen LogP contribution >= 0.6 is 0 Å². The molecule has 7 heteroatoms. The van der Waals surface area contributed by atoms with Crippen LogP contribution in [0.2, 0.25) is 0 Å². The van der Waals surface area contributed by atoms with Gasteiger partial charge in [0.05, 0.1) is 18.1 Å². The summed E-state index contributed by atoms with van der Waals surface area (Å²) in [5, 5.41) is 6.95. The molecule has 0 aliphatic carbocycles. The maximum Gasteiger partial charge on any atom is 0.342 e. The van der Waals surface area contributed by atoms with E-state index in [-0.39, 0.29) is 6.01 Å². The fourth-order valence-electron chi connectivity index (χ4n) is 1.13. The largest absolute Gasteiger partial charge is 0.402 e. The Morgan fingerprint density at radius 3 is 2.75 bits per heavy atom. The second-order valence-corrected chi connectivity index (χ2v) is 3.18. The molecule has 0 spiro atoms. The van der Waals surface area contributed by atoms with Crippen molar-refractivity contribution in [1.29, 1.82) is 0 Å². The smallest absolute Gasteiger partial charge is 0.342 e. The first kappa shape index (κ1) is 10.5. The number of hydrogen-bond donors (Lipinski definition) is 1. The Labute approximate surface area is 92.5 Å². The standard InChI is InChI=1S/C9H12N6O/c1-10-3-7-4-12-8(5-11-7)16-9-13-6-15(2)14-9/h4-6,10H,3H2,1-2H3. The molecule has 0 bridgehead atoms. The first-order chi connectivity index (χ1) is 7.78. The minimum absolute atomic E-state index is 0.262. The van der Waals surface area contributed by atoms with Crippen molar-refractivity contribution in [3.63, 3.8) is 0 Å². The lowest BCUT2D eigenvalue weighted by molar-refractivity contribution is 0.419. The van der Waals surface area contributed by atoms with Gasteiger partial charge in [0.2, 0.25) is 5.88 Å². The van der Waals surface area contributed by atoms with E-state index in [1.54, 1.807) is 30.5 Å². The van der Waals surface area contributed by atoms with E-state index in [0.29, 0.717) is 12.4 Å². The fraction of sp³-hybridized carbons (Fsp3) is 0.333. The van der Waals surface area contributed by atoms with E-state index in [1.807, 2.05) is 7.05 Å². The summed E-state index contributed by atoms with van der Waals surface area (Å²) in [5.41, 5.74) is 0.851. The van der Waals surface area contributed by atoms with Crippen molar-refractivity contribution in [2.24, 2.45) is 7.05 Å². The third-order valence-electron chi connectivity index (χ3n) is 1.81. The molecule has 0 fully saturated rings. The number of aromatic nitrogens is 5. The molecule has 2 heterocycles. The van der Waals surface area contributed by atoms with Crippen LogP contribution in [0.3, 0.4) is 0 Å². The lowest BCUT2D eigenvalue weighted by Gasteiger charge is -2.01. The summed E-state index contributed by atoms with van der Waals surface area (Å²) in [6.07, 6.45) is 4.75. The molecule has 0 saturated heterocycles. The van der Waals surface area contributed by atoms with Crippen molar-refractivity contribution in [1.82, 2.24) is 30.0 Å². The van der Waals surface area contributed by atoms with Gasteiger partial charge in [-0.15, -0.1) is 5.10 Å². The molecular formula is C9H12N6O. The van der Waals surface area contributed by atoms with E-state index in [2.05, 4.69) is 25.4 Å². The van der Waals surface area contributed by atoms with Gasteiger partial charge in [0.1, 0.15) is 6.33 Å². The highest BCUT2D eigenvalue weighted by Gasteiger charge is 2.03. The summed E-state index contributed by atoms with van der Waals surface area (Å²) in [5.74, 6) is 0.381. The summed E-state index contributed by atoms with van der Waals surface area (Å²) in [6.45, 7) is 0.676. The molecular weight excluding hydrogens is 208 g/mol. The van der Waals surface area contributed by atoms with E-state index in [4.69, 9.17) is 4.74 Å². The average molecular weight is 220 g/mol. The summed E-state index contributed by atoms with van der Waals surface area (Å²) >= 11 is 0. The predicted octanol–water partition coefficient (Wildman–Crippen LogP) is 0.117. The van der Waals surface area contributed by atoms with E-state index in [9.17, 15) is 0 Å². The highest BCUT2D eigenvalue weighted by molar-refractivity contribution is 5.11. The minimum Gasteiger partial charge on any atom is -0.402 e. The fourth-order valence-corrected chi connectivity index (χ4v) is 1.13. The van der Waals surface area contributed by atoms with Gasteiger partial charge < -0.3 is 10.1 Å². The van der Waals surface area contributed by atoms with Gasteiger partial charge in [-0.2, -0.15) is 4.98 Å². The van der Waals surface area contributed by atoms with E-state index in [1.165, 1.54) is 0 Å². The highest BCUT2D eigenvalue weighted by atomic mass is 16.5. The topological polar surface area (TPSA) is 77.8 Å². The van der Waals surface area contributed by atoms with Crippen molar-refractivity contribution in [3.05, 3.63) is 24.4 Å². The van der Waals surface area contributed by atoms with Gasteiger partial charge in [-0.3, -0.25) is 9.67 Å². The molecule has 16 heavy (non-hydrogen) atoms. The molecule has 0 aromatic carbocycles. The Morgan fingerprint density at radius 2 is 2.19 bits per heavy atom. The van der Waals surface area contributed by atoms with Gasteiger partial charge >= 0.3 is 6.01 Å². The first-order valence-corrected chi connectivity index (χ1v) is 4.77. The third-order valence-corrected chi connectivity index (χ3v) is 1.81. The second kappa shape index (κ2) is 4.67. The third kappa shape index (κ3) is 2.51. The molecule has 0 amide bonds. The Kier molecular flexibility index (Phi) is 3.06. The van der Waals surface area contributed by atoms with E-state index in [0.717, 1.165) is 5.69 Å². The monoisotopic (exact) mass is 220 g/mol. The van der Waals surface area contributed by atoms with Crippen molar-refractivity contribution in [3.8, 4) is 11.9 Å². The number of hydrogen-bond acceptors (Lipinski definition) is 6. The number of aryl methyl sites for hydroxylation is 1. The predicted molar refractivity (Wildman–Crippen MR) is 55.9 cm³/mol. The zero-order chi connectivity index (χ0) is 11.4. The lowest BCUT2D eigenvalue weighted by Crippen LogP contribution is -2.07. The van der Waals surface area contributed by atoms with Crippen molar-refractivity contribution in [2.45, 2.75) is 6.54 Å². The molecule has 2 aromatic rings. The number of rotatable bonds is 4. The lowest BCUT2D eigenvalue weighted by atomic mass is 10.4. The molecule has 0 aliphatic rings. The average Bonchev–Trinajstić information content (AvgIpc) is 2.67. The molecule has 84 valence electrons. The van der Waals surface area contributed by atoms with Crippen LogP contribution in [0.25, 0.3) is 0 Å². The van der Waals surface area contributed by atoms with Crippen LogP contribution in [0.1, 0.15) is 5.69 Å². The summed E-state index contributed by atoms with van der Waals surface area (Å²) in [7, 11) is 3.62. The molecule has 7 nitrogen and oxygen atoms in total. The Bertz CT molecular complexity index is 451. The zero-order valence-electron chi connectivity index (χ0n) is 9.08. The zero-order valence-corrected chi connectivity index (χ0v) is 9.08. The van der Waals surface area contributed by atoms with Crippen LogP contribution in [0, 0.1) is 0 Å². The first-order valence-electron chi connectivity index (χ1n) is 4.77. The minimum atomic E-state index is 0.262. The molecule has 0 radical (unpaired) electrons. The van der Waals surface area contributed by atoms with Crippen molar-refractivity contribution < 1.29 is 4.74 Å². The molecule has 0 unspecified atom stereocenters. The number of nitrogens with zero attached hydrogens (tertiary/aromatic N) is 5. The van der Waals surface area contributed by atoms with Crippen LogP contribution < -0.4 is 10.1 Å². The Morgan fingerprint density at radius 1 is 1.31 bits per heavy atom.